The summed E-state index contributed by atoms with van der Waals surface area (Å²) in [6.07, 6.45) is 3.56. The summed E-state index contributed by atoms with van der Waals surface area (Å²) in [4.78, 5) is 9.48. The van der Waals surface area contributed by atoms with E-state index in [1.807, 2.05) is 42.7 Å². The first-order chi connectivity index (χ1) is 11.5. The van der Waals surface area contributed by atoms with Crippen LogP contribution in [0.4, 0.5) is 11.5 Å². The van der Waals surface area contributed by atoms with E-state index in [2.05, 4.69) is 29.1 Å². The van der Waals surface area contributed by atoms with Gasteiger partial charge in [-0.15, -0.1) is 0 Å². The number of fused-ring (bicyclic) bond motifs is 1. The summed E-state index contributed by atoms with van der Waals surface area (Å²) in [5.74, 6) is 1.09. The summed E-state index contributed by atoms with van der Waals surface area (Å²) >= 11 is 0. The Balaban J connectivity index is 2.04. The minimum atomic E-state index is -0.442. The van der Waals surface area contributed by atoms with Crippen LogP contribution >= 0.6 is 0 Å². The summed E-state index contributed by atoms with van der Waals surface area (Å²) < 4.78 is 4.74. The average molecular weight is 340 g/mol. The highest BCUT2D eigenvalue weighted by atomic mass is 32.2. The molecule has 2 N–H and O–H groups in total. The van der Waals surface area contributed by atoms with Crippen molar-refractivity contribution in [1.29, 1.82) is 0 Å². The molecule has 0 fully saturated rings. The molecule has 0 radical (unpaired) electrons. The zero-order valence-corrected chi connectivity index (χ0v) is 14.7. The van der Waals surface area contributed by atoms with Gasteiger partial charge in [0.1, 0.15) is 17.9 Å². The molecule has 0 spiro atoms. The molecule has 0 bridgehead atoms. The molecule has 6 heteroatoms. The number of rotatable bonds is 4. The summed E-state index contributed by atoms with van der Waals surface area (Å²) in [6.45, 7) is 4.15. The molecule has 2 aromatic carbocycles. The highest BCUT2D eigenvalue weighted by Gasteiger charge is 2.07. The first-order valence-electron chi connectivity index (χ1n) is 7.71. The summed E-state index contributed by atoms with van der Waals surface area (Å²) in [6, 6.07) is 13.5. The Morgan fingerprint density at radius 1 is 1.12 bits per heavy atom. The molecular weight excluding hydrogens is 320 g/mol. The molecule has 1 aromatic heterocycles. The third-order valence-electron chi connectivity index (χ3n) is 3.47. The van der Waals surface area contributed by atoms with E-state index in [1.54, 1.807) is 12.4 Å². The number of hydrogen-bond donors (Lipinski definition) is 2. The number of phenolic OH excluding ortho intramolecular Hbond substituents is 1. The van der Waals surface area contributed by atoms with Crippen LogP contribution in [0, 0.1) is 0 Å². The normalized spacial score (nSPS) is 12.7. The van der Waals surface area contributed by atoms with Crippen LogP contribution in [0.25, 0.3) is 10.9 Å². The van der Waals surface area contributed by atoms with Crippen LogP contribution in [0.3, 0.4) is 0 Å². The van der Waals surface area contributed by atoms with Gasteiger partial charge >= 0.3 is 0 Å². The van der Waals surface area contributed by atoms with Crippen molar-refractivity contribution in [2.75, 3.05) is 11.6 Å². The Morgan fingerprint density at radius 3 is 2.67 bits per heavy atom. The average Bonchev–Trinajstić information content (AvgIpc) is 2.55. The summed E-state index contributed by atoms with van der Waals surface area (Å²) in [7, 11) is -0.442. The van der Waals surface area contributed by atoms with Gasteiger partial charge in [0.2, 0.25) is 0 Å². The van der Waals surface area contributed by atoms with Crippen LogP contribution in [0.5, 0.6) is 5.75 Å². The van der Waals surface area contributed by atoms with Crippen LogP contribution in [-0.4, -0.2) is 27.4 Å². The van der Waals surface area contributed by atoms with Crippen molar-refractivity contribution in [3.8, 4) is 5.75 Å². The maximum Gasteiger partial charge on any atom is 0.137 e. The van der Waals surface area contributed by atoms with Gasteiger partial charge in [0.15, 0.2) is 0 Å². The van der Waals surface area contributed by atoms with E-state index in [4.69, 9.17) is 4.36 Å². The molecular formula is C18H20N4OS. The van der Waals surface area contributed by atoms with Crippen molar-refractivity contribution in [2.24, 2.45) is 4.36 Å². The Hall–Kier alpha value is -2.47. The molecule has 3 rings (SSSR count). The second kappa shape index (κ2) is 6.97. The lowest BCUT2D eigenvalue weighted by atomic mass is 10.2. The van der Waals surface area contributed by atoms with Crippen LogP contribution in [0.1, 0.15) is 13.8 Å². The van der Waals surface area contributed by atoms with Crippen LogP contribution in [-0.2, 0) is 10.7 Å². The van der Waals surface area contributed by atoms with Crippen molar-refractivity contribution in [3.63, 3.8) is 0 Å². The van der Waals surface area contributed by atoms with E-state index in [-0.39, 0.29) is 11.8 Å². The Bertz CT molecular complexity index is 908. The van der Waals surface area contributed by atoms with Crippen molar-refractivity contribution in [3.05, 3.63) is 48.8 Å². The monoisotopic (exact) mass is 340 g/mol. The highest BCUT2D eigenvalue weighted by molar-refractivity contribution is 7.86. The Labute approximate surface area is 143 Å². The smallest absolute Gasteiger partial charge is 0.137 e. The molecule has 0 aliphatic rings. The Morgan fingerprint density at radius 2 is 1.92 bits per heavy atom. The lowest BCUT2D eigenvalue weighted by Crippen LogP contribution is -2.11. The number of benzene rings is 2. The Kier molecular flexibility index (Phi) is 4.76. The van der Waals surface area contributed by atoms with Crippen LogP contribution in [0.15, 0.2) is 58.1 Å². The molecule has 1 unspecified atom stereocenters. The van der Waals surface area contributed by atoms with Gasteiger partial charge in [-0.2, -0.15) is 0 Å². The van der Waals surface area contributed by atoms with Crippen LogP contribution in [0.2, 0.25) is 0 Å². The van der Waals surface area contributed by atoms with Crippen molar-refractivity contribution >= 4 is 33.1 Å². The molecule has 1 atom stereocenters. The van der Waals surface area contributed by atoms with Crippen molar-refractivity contribution in [1.82, 2.24) is 9.97 Å². The zero-order chi connectivity index (χ0) is 17.1. The van der Waals surface area contributed by atoms with Gasteiger partial charge in [0.25, 0.3) is 0 Å². The van der Waals surface area contributed by atoms with Crippen LogP contribution < -0.4 is 5.32 Å². The molecule has 5 nitrogen and oxygen atoms in total. The van der Waals surface area contributed by atoms with Gasteiger partial charge in [0.05, 0.1) is 16.1 Å². The lowest BCUT2D eigenvalue weighted by molar-refractivity contribution is 0.462. The maximum atomic E-state index is 9.99. The molecule has 24 heavy (non-hydrogen) atoms. The zero-order valence-electron chi connectivity index (χ0n) is 13.9. The highest BCUT2D eigenvalue weighted by Crippen LogP contribution is 2.28. The molecule has 0 saturated carbocycles. The molecule has 1 heterocycles. The van der Waals surface area contributed by atoms with Gasteiger partial charge < -0.3 is 10.4 Å². The van der Waals surface area contributed by atoms with Crippen molar-refractivity contribution < 1.29 is 5.11 Å². The number of aromatic hydroxyl groups is 1. The predicted molar refractivity (Wildman–Crippen MR) is 100 cm³/mol. The number of para-hydroxylation sites is 1. The van der Waals surface area contributed by atoms with Gasteiger partial charge in [-0.1, -0.05) is 22.8 Å². The second-order valence-corrected chi connectivity index (χ2v) is 7.34. The topological polar surface area (TPSA) is 70.4 Å². The first-order valence-corrected chi connectivity index (χ1v) is 9.30. The number of aromatic nitrogens is 2. The van der Waals surface area contributed by atoms with E-state index in [0.717, 1.165) is 27.3 Å². The molecule has 3 aromatic rings. The van der Waals surface area contributed by atoms with Gasteiger partial charge in [0, 0.05) is 11.4 Å². The largest absolute Gasteiger partial charge is 0.507 e. The fourth-order valence-corrected chi connectivity index (χ4v) is 3.58. The fraction of sp³-hybridized carbons (Fsp3) is 0.222. The minimum Gasteiger partial charge on any atom is -0.507 e. The number of anilines is 1. The quantitative estimate of drug-likeness (QED) is 0.744. The number of nitrogens with zero attached hydrogens (tertiary/aromatic N) is 3. The van der Waals surface area contributed by atoms with Gasteiger partial charge in [-0.05, 0) is 50.4 Å². The van der Waals surface area contributed by atoms with E-state index in [9.17, 15) is 5.11 Å². The summed E-state index contributed by atoms with van der Waals surface area (Å²) in [5.41, 5.74) is 1.73. The molecule has 0 saturated heterocycles. The third-order valence-corrected chi connectivity index (χ3v) is 4.94. The number of hydrogen-bond acceptors (Lipinski definition) is 5. The maximum absolute atomic E-state index is 9.99. The van der Waals surface area contributed by atoms with E-state index >= 15 is 0 Å². The lowest BCUT2D eigenvalue weighted by Gasteiger charge is -2.11. The molecule has 0 amide bonds. The SMILES string of the molecule is CC(C)Nc1ncnc2ccc(N=S(C)c3ccccc3O)cc12. The second-order valence-electron chi connectivity index (χ2n) is 5.76. The standard InChI is InChI=1S/C18H20N4OS/c1-12(2)21-18-14-10-13(8-9-15(14)19-11-20-18)22-24(3)17-7-5-4-6-16(17)23/h4-12,23H,1-3H3,(H,19,20,21). The molecule has 0 aliphatic heterocycles. The molecule has 0 aliphatic carbocycles. The first kappa shape index (κ1) is 16.4. The van der Waals surface area contributed by atoms with Crippen molar-refractivity contribution in [2.45, 2.75) is 24.8 Å². The van der Waals surface area contributed by atoms with E-state index in [1.165, 1.54) is 0 Å². The predicted octanol–water partition coefficient (Wildman–Crippen LogP) is 4.28. The third kappa shape index (κ3) is 3.54. The van der Waals surface area contributed by atoms with Gasteiger partial charge in [-0.25, -0.2) is 14.3 Å². The summed E-state index contributed by atoms with van der Waals surface area (Å²) in [5, 5.41) is 14.3. The number of phenols is 1. The number of nitrogens with one attached hydrogen (secondary N) is 1. The van der Waals surface area contributed by atoms with Gasteiger partial charge in [-0.3, -0.25) is 0 Å². The molecule has 124 valence electrons. The van der Waals surface area contributed by atoms with E-state index < -0.39 is 10.7 Å². The minimum absolute atomic E-state index is 0.276. The fourth-order valence-electron chi connectivity index (χ4n) is 2.40. The van der Waals surface area contributed by atoms with E-state index in [0.29, 0.717) is 0 Å².